The first-order chi connectivity index (χ1) is 37.0. The third kappa shape index (κ3) is 9.57. The third-order valence-electron chi connectivity index (χ3n) is 15.5. The molecule has 1 aromatic heterocycles. The molecular formula is C74H66N2O. The highest BCUT2D eigenvalue weighted by atomic mass is 16.3. The second kappa shape index (κ2) is 19.2. The van der Waals surface area contributed by atoms with E-state index in [1.807, 2.05) is 0 Å². The molecule has 0 aliphatic carbocycles. The largest absolute Gasteiger partial charge is 0.456 e. The van der Waals surface area contributed by atoms with Gasteiger partial charge in [-0.25, -0.2) is 0 Å². The predicted molar refractivity (Wildman–Crippen MR) is 331 cm³/mol. The monoisotopic (exact) mass is 999 g/mol. The maximum absolute atomic E-state index is 6.90. The number of hydrogen-bond acceptors (Lipinski definition) is 3. The number of fused-ring (bicyclic) bond motifs is 5. The lowest BCUT2D eigenvalue weighted by Crippen LogP contribution is -2.14. The van der Waals surface area contributed by atoms with Gasteiger partial charge in [0.2, 0.25) is 0 Å². The molecule has 12 rings (SSSR count). The van der Waals surface area contributed by atoms with Crippen molar-refractivity contribution >= 4 is 77.6 Å². The van der Waals surface area contributed by atoms with Crippen molar-refractivity contribution in [2.24, 2.45) is 0 Å². The number of furan rings is 1. The fraction of sp³-hybridized carbons (Fsp3) is 0.162. The fourth-order valence-electron chi connectivity index (χ4n) is 11.0. The first kappa shape index (κ1) is 49.2. The molecule has 0 spiro atoms. The van der Waals surface area contributed by atoms with E-state index >= 15 is 0 Å². The molecular weight excluding hydrogens is 933 g/mol. The molecule has 0 saturated carbocycles. The quantitative estimate of drug-likeness (QED) is 0.144. The predicted octanol–water partition coefficient (Wildman–Crippen LogP) is 21.7. The van der Waals surface area contributed by atoms with Gasteiger partial charge in [-0.2, -0.15) is 0 Å². The highest BCUT2D eigenvalue weighted by Crippen LogP contribution is 2.46. The second-order valence-corrected chi connectivity index (χ2v) is 23.9. The molecule has 0 atom stereocenters. The van der Waals surface area contributed by atoms with Crippen LogP contribution in [0.4, 0.5) is 34.1 Å². The molecule has 12 aromatic rings. The molecule has 0 unspecified atom stereocenters. The SMILES string of the molecule is CC(C)(C)c1ccc(-c2ccccc2N(c2ccc(-c3ccccc3)cc2)c2ccc3cc4c(cc3c2)oc2cc3cc(N(c5ccc(C(C)(C)C)cc5)c5ccccc5-c5ccc(C(C)(C)C)cc5)ccc3cc24)cc1. The Morgan fingerprint density at radius 1 is 0.273 bits per heavy atom. The Kier molecular flexibility index (Phi) is 12.3. The van der Waals surface area contributed by atoms with E-state index < -0.39 is 0 Å². The van der Waals surface area contributed by atoms with Crippen molar-refractivity contribution in [2.75, 3.05) is 9.80 Å². The highest BCUT2D eigenvalue weighted by molar-refractivity contribution is 6.14. The van der Waals surface area contributed by atoms with Crippen molar-refractivity contribution in [1.29, 1.82) is 0 Å². The minimum absolute atomic E-state index is 0.0351. The van der Waals surface area contributed by atoms with Gasteiger partial charge in [0.25, 0.3) is 0 Å². The van der Waals surface area contributed by atoms with Crippen molar-refractivity contribution in [2.45, 2.75) is 78.6 Å². The fourth-order valence-corrected chi connectivity index (χ4v) is 11.0. The zero-order valence-corrected chi connectivity index (χ0v) is 45.8. The molecule has 0 amide bonds. The van der Waals surface area contributed by atoms with Gasteiger partial charge in [0, 0.05) is 44.6 Å². The van der Waals surface area contributed by atoms with Crippen molar-refractivity contribution in [1.82, 2.24) is 0 Å². The van der Waals surface area contributed by atoms with Crippen LogP contribution in [0.5, 0.6) is 0 Å². The van der Waals surface area contributed by atoms with E-state index in [1.165, 1.54) is 50.1 Å². The van der Waals surface area contributed by atoms with Gasteiger partial charge in [-0.3, -0.25) is 0 Å². The molecule has 378 valence electrons. The number of anilines is 6. The first-order valence-corrected chi connectivity index (χ1v) is 27.1. The van der Waals surface area contributed by atoms with Crippen LogP contribution < -0.4 is 9.80 Å². The minimum atomic E-state index is 0.0351. The molecule has 0 aliphatic heterocycles. The summed E-state index contributed by atoms with van der Waals surface area (Å²) >= 11 is 0. The van der Waals surface area contributed by atoms with Crippen molar-refractivity contribution in [3.8, 4) is 33.4 Å². The summed E-state index contributed by atoms with van der Waals surface area (Å²) in [4.78, 5) is 4.81. The van der Waals surface area contributed by atoms with Gasteiger partial charge < -0.3 is 14.2 Å². The molecule has 0 saturated heterocycles. The molecule has 0 bridgehead atoms. The number of nitrogens with zero attached hydrogens (tertiary/aromatic N) is 2. The van der Waals surface area contributed by atoms with Crippen LogP contribution in [-0.4, -0.2) is 0 Å². The Balaban J connectivity index is 0.956. The molecule has 77 heavy (non-hydrogen) atoms. The van der Waals surface area contributed by atoms with Crippen LogP contribution in [0.3, 0.4) is 0 Å². The number of benzene rings is 11. The Labute approximate surface area is 454 Å². The summed E-state index contributed by atoms with van der Waals surface area (Å²) in [5.41, 5.74) is 19.5. The van der Waals surface area contributed by atoms with Gasteiger partial charge in [0.15, 0.2) is 0 Å². The van der Waals surface area contributed by atoms with Crippen LogP contribution in [0.15, 0.2) is 241 Å². The van der Waals surface area contributed by atoms with E-state index in [4.69, 9.17) is 4.42 Å². The lowest BCUT2D eigenvalue weighted by molar-refractivity contribution is 0.590. The number of rotatable bonds is 9. The summed E-state index contributed by atoms with van der Waals surface area (Å²) in [6, 6.07) is 87.2. The van der Waals surface area contributed by atoms with Crippen LogP contribution in [0.1, 0.15) is 79.0 Å². The van der Waals surface area contributed by atoms with Crippen molar-refractivity contribution in [3.05, 3.63) is 253 Å². The Bertz CT molecular complexity index is 4110. The zero-order valence-electron chi connectivity index (χ0n) is 45.8. The van der Waals surface area contributed by atoms with Gasteiger partial charge in [-0.05, 0) is 162 Å². The highest BCUT2D eigenvalue weighted by Gasteiger charge is 2.23. The van der Waals surface area contributed by atoms with Crippen molar-refractivity contribution in [3.63, 3.8) is 0 Å². The molecule has 0 fully saturated rings. The summed E-state index contributed by atoms with van der Waals surface area (Å²) in [6.45, 7) is 20.4. The normalized spacial score (nSPS) is 12.2. The second-order valence-electron chi connectivity index (χ2n) is 23.9. The maximum atomic E-state index is 6.90. The van der Waals surface area contributed by atoms with Crippen LogP contribution in [0, 0.1) is 0 Å². The molecule has 0 aliphatic rings. The third-order valence-corrected chi connectivity index (χ3v) is 15.5. The van der Waals surface area contributed by atoms with E-state index in [2.05, 4.69) is 309 Å². The minimum Gasteiger partial charge on any atom is -0.456 e. The Morgan fingerprint density at radius 3 is 1.03 bits per heavy atom. The van der Waals surface area contributed by atoms with E-state index in [0.29, 0.717) is 0 Å². The van der Waals surface area contributed by atoms with Gasteiger partial charge in [0.1, 0.15) is 11.2 Å². The van der Waals surface area contributed by atoms with Gasteiger partial charge in [-0.1, -0.05) is 214 Å². The molecule has 1 heterocycles. The molecule has 3 nitrogen and oxygen atoms in total. The zero-order chi connectivity index (χ0) is 53.2. The summed E-state index contributed by atoms with van der Waals surface area (Å²) in [5, 5.41) is 6.76. The Morgan fingerprint density at radius 2 is 0.610 bits per heavy atom. The van der Waals surface area contributed by atoms with E-state index in [9.17, 15) is 0 Å². The molecule has 3 heteroatoms. The summed E-state index contributed by atoms with van der Waals surface area (Å²) < 4.78 is 6.90. The first-order valence-electron chi connectivity index (χ1n) is 27.1. The number of hydrogen-bond donors (Lipinski definition) is 0. The van der Waals surface area contributed by atoms with Crippen LogP contribution in [0.25, 0.3) is 76.9 Å². The maximum Gasteiger partial charge on any atom is 0.136 e. The number of para-hydroxylation sites is 2. The average Bonchev–Trinajstić information content (AvgIpc) is 3.90. The van der Waals surface area contributed by atoms with Gasteiger partial charge in [0.05, 0.1) is 11.4 Å². The summed E-state index contributed by atoms with van der Waals surface area (Å²) in [7, 11) is 0. The van der Waals surface area contributed by atoms with Crippen LogP contribution in [-0.2, 0) is 16.2 Å². The molecule has 11 aromatic carbocycles. The smallest absolute Gasteiger partial charge is 0.136 e. The van der Waals surface area contributed by atoms with Crippen LogP contribution in [0.2, 0.25) is 0 Å². The van der Waals surface area contributed by atoms with E-state index in [-0.39, 0.29) is 16.2 Å². The summed E-state index contributed by atoms with van der Waals surface area (Å²) in [6.07, 6.45) is 0. The lowest BCUT2D eigenvalue weighted by atomic mass is 9.86. The van der Waals surface area contributed by atoms with E-state index in [0.717, 1.165) is 77.6 Å². The van der Waals surface area contributed by atoms with Gasteiger partial charge >= 0.3 is 0 Å². The summed E-state index contributed by atoms with van der Waals surface area (Å²) in [5.74, 6) is 0. The molecule has 0 N–H and O–H groups in total. The van der Waals surface area contributed by atoms with E-state index in [1.54, 1.807) is 0 Å². The Hall–Kier alpha value is -8.66. The van der Waals surface area contributed by atoms with Crippen LogP contribution >= 0.6 is 0 Å². The van der Waals surface area contributed by atoms with Crippen molar-refractivity contribution < 1.29 is 4.42 Å². The van der Waals surface area contributed by atoms with Gasteiger partial charge in [-0.15, -0.1) is 0 Å². The average molecular weight is 999 g/mol. The topological polar surface area (TPSA) is 19.6 Å². The standard InChI is InChI=1S/C74H66N2O/c1-72(2,3)57-31-23-51(24-32-57)64-19-13-15-21-68(64)75(60-37-27-50(28-38-60)49-17-11-10-12-18-49)62-39-29-53-45-66-67-46-54-30-40-63(44-56(54)48-71(67)77-70(66)47-55(53)43-62)76(61-41-35-59(36-42-61)74(7,8)9)69-22-16-14-20-65(69)52-25-33-58(34-26-52)73(4,5)6/h10-48H,1-9H3. The lowest BCUT2D eigenvalue weighted by Gasteiger charge is -2.29. The molecule has 0 radical (unpaired) electrons.